The Bertz CT molecular complexity index is 855. The van der Waals surface area contributed by atoms with Gasteiger partial charge in [-0.05, 0) is 106 Å². The second-order valence-electron chi connectivity index (χ2n) is 14.8. The molecule has 4 unspecified atom stereocenters. The molecular weight excluding hydrogens is 408 g/mol. The van der Waals surface area contributed by atoms with Gasteiger partial charge in [-0.1, -0.05) is 39.3 Å². The lowest BCUT2D eigenvalue weighted by atomic mass is 9.35. The monoisotopic (exact) mass is 456 g/mol. The van der Waals surface area contributed by atoms with Crippen LogP contribution in [0.4, 0.5) is 0 Å². The first-order valence-electron chi connectivity index (χ1n) is 14.0. The Morgan fingerprint density at radius 2 is 1.79 bits per heavy atom. The maximum Gasteiger partial charge on any atom is 0.0895 e. The van der Waals surface area contributed by atoms with Crippen LogP contribution in [-0.4, -0.2) is 35.6 Å². The molecule has 0 aromatic heterocycles. The molecule has 0 aromatic rings. The van der Waals surface area contributed by atoms with Crippen molar-refractivity contribution in [2.24, 2.45) is 45.3 Å². The molecule has 2 saturated heterocycles. The maximum atomic E-state index is 11.8. The molecule has 2 aliphatic heterocycles. The van der Waals surface area contributed by atoms with Crippen molar-refractivity contribution in [2.75, 3.05) is 6.61 Å². The summed E-state index contributed by atoms with van der Waals surface area (Å²) >= 11 is 0. The molecule has 33 heavy (non-hydrogen) atoms. The summed E-state index contributed by atoms with van der Waals surface area (Å²) in [6, 6.07) is 0. The van der Waals surface area contributed by atoms with Gasteiger partial charge in [0, 0.05) is 11.3 Å². The second kappa shape index (κ2) is 6.88. The largest absolute Gasteiger partial charge is 0.390 e. The SMILES string of the molecule is CC(C)=CCC[C@](C)(O)[C@H]1C2C[C@@]3(CO2)[C@H]1CC[C@@H]1[C@@]2(C)CC4OC4C(C)(C)C2CC[C@]13C. The number of ether oxygens (including phenoxy) is 2. The van der Waals surface area contributed by atoms with Crippen LogP contribution in [0.2, 0.25) is 0 Å². The molecule has 2 heterocycles. The normalized spacial score (nSPS) is 55.0. The quantitative estimate of drug-likeness (QED) is 0.386. The van der Waals surface area contributed by atoms with E-state index in [9.17, 15) is 5.11 Å². The van der Waals surface area contributed by atoms with Crippen LogP contribution in [0.1, 0.15) is 99.8 Å². The first-order chi connectivity index (χ1) is 15.4. The standard InChI is InChI=1S/C30H48O3/c1-18(2)9-8-13-29(7,31)24-19-10-11-23-27(5)15-21-25(33-21)26(3,4)22(27)12-14-28(23,6)30(19)16-20(24)32-17-30/h9,19-25,31H,8,10-17H2,1-7H3/t19-,20?,21?,22?,23+,24+,25?,27-,28+,29-,30+/m0/s1. The molecule has 2 bridgehead atoms. The second-order valence-corrected chi connectivity index (χ2v) is 14.8. The van der Waals surface area contributed by atoms with Crippen LogP contribution in [-0.2, 0) is 9.47 Å². The molecule has 11 atom stereocenters. The molecule has 4 aliphatic carbocycles. The summed E-state index contributed by atoms with van der Waals surface area (Å²) in [6.45, 7) is 17.7. The zero-order chi connectivity index (χ0) is 23.6. The van der Waals surface area contributed by atoms with Crippen molar-refractivity contribution in [3.8, 4) is 0 Å². The van der Waals surface area contributed by atoms with E-state index < -0.39 is 5.60 Å². The van der Waals surface area contributed by atoms with Crippen molar-refractivity contribution in [1.29, 1.82) is 0 Å². The molecule has 186 valence electrons. The molecule has 0 aromatic carbocycles. The summed E-state index contributed by atoms with van der Waals surface area (Å²) in [5, 5.41) is 11.8. The first-order valence-corrected chi connectivity index (χ1v) is 14.0. The van der Waals surface area contributed by atoms with E-state index in [1.807, 2.05) is 0 Å². The predicted octanol–water partition coefficient (Wildman–Crippen LogP) is 6.54. The lowest BCUT2D eigenvalue weighted by Crippen LogP contribution is -2.65. The van der Waals surface area contributed by atoms with Gasteiger partial charge < -0.3 is 14.6 Å². The summed E-state index contributed by atoms with van der Waals surface area (Å²) in [5.41, 5.74) is 1.95. The summed E-state index contributed by atoms with van der Waals surface area (Å²) in [4.78, 5) is 0. The fourth-order valence-electron chi connectivity index (χ4n) is 11.4. The topological polar surface area (TPSA) is 42.0 Å². The van der Waals surface area contributed by atoms with Gasteiger partial charge >= 0.3 is 0 Å². The van der Waals surface area contributed by atoms with Crippen LogP contribution in [0.3, 0.4) is 0 Å². The smallest absolute Gasteiger partial charge is 0.0895 e. The van der Waals surface area contributed by atoms with Crippen LogP contribution in [0.15, 0.2) is 11.6 Å². The minimum Gasteiger partial charge on any atom is -0.390 e. The van der Waals surface area contributed by atoms with Crippen molar-refractivity contribution < 1.29 is 14.6 Å². The van der Waals surface area contributed by atoms with Gasteiger partial charge in [0.2, 0.25) is 0 Å². The van der Waals surface area contributed by atoms with Crippen molar-refractivity contribution in [3.63, 3.8) is 0 Å². The molecule has 3 heteroatoms. The first kappa shape index (κ1) is 23.0. The molecular formula is C30H48O3. The van der Waals surface area contributed by atoms with Gasteiger partial charge in [-0.3, -0.25) is 0 Å². The molecule has 6 rings (SSSR count). The van der Waals surface area contributed by atoms with Gasteiger partial charge in [0.05, 0.1) is 30.5 Å². The number of aliphatic hydroxyl groups is 1. The van der Waals surface area contributed by atoms with Gasteiger partial charge in [0.25, 0.3) is 0 Å². The Kier molecular flexibility index (Phi) is 4.81. The van der Waals surface area contributed by atoms with E-state index in [4.69, 9.17) is 9.47 Å². The van der Waals surface area contributed by atoms with Gasteiger partial charge in [0.1, 0.15) is 0 Å². The molecule has 0 amide bonds. The Morgan fingerprint density at radius 3 is 2.52 bits per heavy atom. The highest BCUT2D eigenvalue weighted by Crippen LogP contribution is 2.78. The van der Waals surface area contributed by atoms with Crippen LogP contribution in [0.5, 0.6) is 0 Å². The summed E-state index contributed by atoms with van der Waals surface area (Å²) < 4.78 is 12.9. The van der Waals surface area contributed by atoms with E-state index in [0.717, 1.165) is 31.3 Å². The Morgan fingerprint density at radius 1 is 1.03 bits per heavy atom. The molecule has 6 aliphatic rings. The van der Waals surface area contributed by atoms with E-state index >= 15 is 0 Å². The summed E-state index contributed by atoms with van der Waals surface area (Å²) in [6.07, 6.45) is 13.1. The van der Waals surface area contributed by atoms with Crippen LogP contribution in [0.25, 0.3) is 0 Å². The van der Waals surface area contributed by atoms with Gasteiger partial charge in [-0.25, -0.2) is 0 Å². The van der Waals surface area contributed by atoms with Crippen LogP contribution < -0.4 is 0 Å². The number of hydrogen-bond acceptors (Lipinski definition) is 3. The summed E-state index contributed by atoms with van der Waals surface area (Å²) in [7, 11) is 0. The highest BCUT2D eigenvalue weighted by Gasteiger charge is 2.76. The van der Waals surface area contributed by atoms with E-state index in [1.54, 1.807) is 0 Å². The maximum absolute atomic E-state index is 11.8. The van der Waals surface area contributed by atoms with Crippen LogP contribution in [0, 0.1) is 45.3 Å². The average Bonchev–Trinajstić information content (AvgIpc) is 3.23. The zero-order valence-electron chi connectivity index (χ0n) is 22.2. The molecule has 1 spiro atoms. The Hall–Kier alpha value is -0.380. The van der Waals surface area contributed by atoms with Crippen molar-refractivity contribution in [1.82, 2.24) is 0 Å². The Balaban J connectivity index is 1.32. The highest BCUT2D eigenvalue weighted by atomic mass is 16.6. The third kappa shape index (κ3) is 2.85. The van der Waals surface area contributed by atoms with Gasteiger partial charge in [0.15, 0.2) is 0 Å². The number of rotatable bonds is 4. The third-order valence-electron chi connectivity index (χ3n) is 12.7. The van der Waals surface area contributed by atoms with E-state index in [0.29, 0.717) is 40.3 Å². The lowest BCUT2D eigenvalue weighted by molar-refractivity contribution is -0.231. The highest BCUT2D eigenvalue weighted by molar-refractivity contribution is 5.24. The zero-order valence-corrected chi connectivity index (χ0v) is 22.2. The third-order valence-corrected chi connectivity index (χ3v) is 12.7. The number of hydrogen-bond donors (Lipinski definition) is 1. The van der Waals surface area contributed by atoms with Crippen molar-refractivity contribution in [3.05, 3.63) is 11.6 Å². The van der Waals surface area contributed by atoms with Crippen molar-refractivity contribution >= 4 is 0 Å². The molecule has 3 nitrogen and oxygen atoms in total. The summed E-state index contributed by atoms with van der Waals surface area (Å²) in [5.74, 6) is 2.42. The molecule has 0 radical (unpaired) electrons. The van der Waals surface area contributed by atoms with E-state index in [2.05, 4.69) is 54.5 Å². The number of allylic oxidation sites excluding steroid dienone is 2. The van der Waals surface area contributed by atoms with Gasteiger partial charge in [-0.15, -0.1) is 0 Å². The number of fused-ring (bicyclic) bond motifs is 5. The van der Waals surface area contributed by atoms with E-state index in [-0.39, 0.29) is 11.5 Å². The van der Waals surface area contributed by atoms with Crippen molar-refractivity contribution in [2.45, 2.75) is 124 Å². The Labute approximate surface area is 202 Å². The van der Waals surface area contributed by atoms with Gasteiger partial charge in [-0.2, -0.15) is 0 Å². The van der Waals surface area contributed by atoms with E-state index in [1.165, 1.54) is 44.1 Å². The minimum atomic E-state index is -0.643. The minimum absolute atomic E-state index is 0.247. The molecule has 1 N–H and O–H groups in total. The molecule has 6 fully saturated rings. The predicted molar refractivity (Wildman–Crippen MR) is 132 cm³/mol. The fourth-order valence-corrected chi connectivity index (χ4v) is 11.4. The van der Waals surface area contributed by atoms with Crippen LogP contribution >= 0.6 is 0 Å². The average molecular weight is 457 g/mol. The fraction of sp³-hybridized carbons (Fsp3) is 0.933. The molecule has 4 saturated carbocycles. The lowest BCUT2D eigenvalue weighted by Gasteiger charge is -2.69. The number of epoxide rings is 1.